The minimum Gasteiger partial charge on any atom is -0.381 e. The summed E-state index contributed by atoms with van der Waals surface area (Å²) >= 11 is 12.7. The lowest BCUT2D eigenvalue weighted by atomic mass is 9.92. The molecule has 0 saturated carbocycles. The maximum atomic E-state index is 14.6. The normalized spacial score (nSPS) is 17.1. The highest BCUT2D eigenvalue weighted by atomic mass is 35.5. The van der Waals surface area contributed by atoms with Gasteiger partial charge in [-0.3, -0.25) is 14.5 Å². The van der Waals surface area contributed by atoms with Gasteiger partial charge in [0.05, 0.1) is 18.0 Å². The highest BCUT2D eigenvalue weighted by Gasteiger charge is 2.43. The van der Waals surface area contributed by atoms with Gasteiger partial charge in [-0.25, -0.2) is 18.4 Å². The van der Waals surface area contributed by atoms with E-state index in [9.17, 15) is 23.5 Å². The molecule has 2 heterocycles. The number of carbonyl (C=O) groups excluding carboxylic acids is 2. The molecule has 1 unspecified atom stereocenters. The Morgan fingerprint density at radius 3 is 2.58 bits per heavy atom. The molecule has 2 amide bonds. The zero-order valence-corrected chi connectivity index (χ0v) is 18.9. The number of rotatable bonds is 6. The van der Waals surface area contributed by atoms with Gasteiger partial charge >= 0.3 is 0 Å². The van der Waals surface area contributed by atoms with Gasteiger partial charge in [-0.2, -0.15) is 5.10 Å². The third-order valence-electron chi connectivity index (χ3n) is 4.87. The molecule has 2 aromatic carbocycles. The molecule has 0 aliphatic carbocycles. The molecule has 33 heavy (non-hydrogen) atoms. The van der Waals surface area contributed by atoms with Crippen LogP contribution in [0.1, 0.15) is 11.1 Å². The maximum absolute atomic E-state index is 14.6. The lowest BCUT2D eigenvalue weighted by Gasteiger charge is -2.31. The van der Waals surface area contributed by atoms with E-state index < -0.39 is 34.9 Å². The third-order valence-corrected chi connectivity index (χ3v) is 6.33. The monoisotopic (exact) mass is 510 g/mol. The zero-order valence-electron chi connectivity index (χ0n) is 16.6. The lowest BCUT2D eigenvalue weighted by molar-refractivity contribution is -0.126. The van der Waals surface area contributed by atoms with Crippen molar-refractivity contribution in [3.63, 3.8) is 0 Å². The van der Waals surface area contributed by atoms with E-state index in [1.54, 1.807) is 12.1 Å². The van der Waals surface area contributed by atoms with Crippen LogP contribution in [0.4, 0.5) is 13.6 Å². The van der Waals surface area contributed by atoms with Crippen LogP contribution in [0.15, 0.2) is 54.0 Å². The predicted octanol–water partition coefficient (Wildman–Crippen LogP) is 4.49. The summed E-state index contributed by atoms with van der Waals surface area (Å²) in [5.41, 5.74) is -1.96. The van der Waals surface area contributed by atoms with Crippen molar-refractivity contribution in [1.82, 2.24) is 19.7 Å². The van der Waals surface area contributed by atoms with E-state index in [2.05, 4.69) is 10.1 Å². The second kappa shape index (κ2) is 9.22. The molecular weight excluding hydrogens is 497 g/mol. The quantitative estimate of drug-likeness (QED) is 0.491. The van der Waals surface area contributed by atoms with Crippen LogP contribution >= 0.6 is 35.0 Å². The second-order valence-electron chi connectivity index (χ2n) is 7.18. The summed E-state index contributed by atoms with van der Waals surface area (Å²) < 4.78 is 29.3. The number of halogens is 4. The molecule has 1 atom stereocenters. The van der Waals surface area contributed by atoms with Crippen LogP contribution < -0.4 is 0 Å². The molecule has 3 aromatic rings. The summed E-state index contributed by atoms with van der Waals surface area (Å²) in [5.74, 6) is -2.57. The number of amides is 2. The van der Waals surface area contributed by atoms with Gasteiger partial charge in [0.1, 0.15) is 29.9 Å². The molecule has 1 saturated heterocycles. The fourth-order valence-corrected chi connectivity index (χ4v) is 4.62. The Hall–Kier alpha value is -2.79. The standard InChI is InChI=1S/C21H14Cl2F2N4O3S/c22-13-2-1-12(16(23)6-13)5-18-19(30)29(20(31)33-18)9-21(32,8-28-11-26-10-27-28)15-4-3-14(24)7-17(15)25/h1-7,10-11,32H,8-9H2/b18-5-. The molecule has 1 aliphatic heterocycles. The smallest absolute Gasteiger partial charge is 0.293 e. The molecule has 7 nitrogen and oxygen atoms in total. The van der Waals surface area contributed by atoms with Crippen molar-refractivity contribution >= 4 is 52.2 Å². The SMILES string of the molecule is O=C1S/C(=C\c2ccc(Cl)cc2Cl)C(=O)N1CC(O)(Cn1cncn1)c1ccc(F)cc1F. The fraction of sp³-hybridized carbons (Fsp3) is 0.143. The first-order valence-electron chi connectivity index (χ1n) is 9.37. The van der Waals surface area contributed by atoms with Crippen molar-refractivity contribution in [1.29, 1.82) is 0 Å². The van der Waals surface area contributed by atoms with Crippen LogP contribution in [-0.2, 0) is 16.9 Å². The van der Waals surface area contributed by atoms with Crippen LogP contribution in [0, 0.1) is 11.6 Å². The lowest BCUT2D eigenvalue weighted by Crippen LogP contribution is -2.46. The van der Waals surface area contributed by atoms with Crippen LogP contribution in [0.5, 0.6) is 0 Å². The van der Waals surface area contributed by atoms with Crippen molar-refractivity contribution in [2.24, 2.45) is 0 Å². The Morgan fingerprint density at radius 2 is 1.91 bits per heavy atom. The highest BCUT2D eigenvalue weighted by molar-refractivity contribution is 8.18. The molecule has 0 radical (unpaired) electrons. The molecule has 4 rings (SSSR count). The molecular formula is C21H14Cl2F2N4O3S. The predicted molar refractivity (Wildman–Crippen MR) is 119 cm³/mol. The topological polar surface area (TPSA) is 88.3 Å². The molecule has 170 valence electrons. The molecule has 1 N–H and O–H groups in total. The number of hydrogen-bond donors (Lipinski definition) is 1. The fourth-order valence-electron chi connectivity index (χ4n) is 3.33. The molecule has 1 fully saturated rings. The van der Waals surface area contributed by atoms with Gasteiger partial charge in [0.2, 0.25) is 0 Å². The van der Waals surface area contributed by atoms with E-state index >= 15 is 0 Å². The van der Waals surface area contributed by atoms with Crippen LogP contribution in [0.25, 0.3) is 6.08 Å². The number of carbonyl (C=O) groups is 2. The number of β-amino-alcohol motifs (C(OH)–C–C–N with tert-alkyl or cyclic N) is 1. The second-order valence-corrected chi connectivity index (χ2v) is 9.02. The molecule has 0 spiro atoms. The number of nitrogens with zero attached hydrogens (tertiary/aromatic N) is 4. The zero-order chi connectivity index (χ0) is 23.8. The van der Waals surface area contributed by atoms with E-state index in [-0.39, 0.29) is 22.0 Å². The number of thioether (sulfide) groups is 1. The van der Waals surface area contributed by atoms with Crippen LogP contribution in [-0.4, -0.2) is 42.5 Å². The van der Waals surface area contributed by atoms with Crippen molar-refractivity contribution in [2.45, 2.75) is 12.1 Å². The van der Waals surface area contributed by atoms with Crippen molar-refractivity contribution in [3.8, 4) is 0 Å². The van der Waals surface area contributed by atoms with Gasteiger partial charge < -0.3 is 5.11 Å². The Morgan fingerprint density at radius 1 is 1.12 bits per heavy atom. The van der Waals surface area contributed by atoms with Gasteiger partial charge in [0, 0.05) is 21.7 Å². The Balaban J connectivity index is 1.67. The number of hydrogen-bond acceptors (Lipinski definition) is 6. The molecule has 1 aromatic heterocycles. The van der Waals surface area contributed by atoms with E-state index in [0.717, 1.165) is 17.0 Å². The number of aromatic nitrogens is 3. The summed E-state index contributed by atoms with van der Waals surface area (Å²) in [6.07, 6.45) is 3.92. The van der Waals surface area contributed by atoms with Crippen molar-refractivity contribution < 1.29 is 23.5 Å². The Labute approximate surface area is 200 Å². The largest absolute Gasteiger partial charge is 0.381 e. The van der Waals surface area contributed by atoms with Gasteiger partial charge in [-0.15, -0.1) is 0 Å². The van der Waals surface area contributed by atoms with Crippen LogP contribution in [0.3, 0.4) is 0 Å². The molecule has 1 aliphatic rings. The number of aliphatic hydroxyl groups is 1. The summed E-state index contributed by atoms with van der Waals surface area (Å²) in [4.78, 5) is 30.3. The number of benzene rings is 2. The van der Waals surface area contributed by atoms with E-state index in [0.29, 0.717) is 28.4 Å². The number of imide groups is 1. The third kappa shape index (κ3) is 4.93. The van der Waals surface area contributed by atoms with Gasteiger partial charge in [0.15, 0.2) is 0 Å². The Bertz CT molecular complexity index is 1270. The average molecular weight is 511 g/mol. The summed E-state index contributed by atoms with van der Waals surface area (Å²) in [5, 5.41) is 15.3. The highest BCUT2D eigenvalue weighted by Crippen LogP contribution is 2.37. The maximum Gasteiger partial charge on any atom is 0.293 e. The van der Waals surface area contributed by atoms with E-state index in [4.69, 9.17) is 23.2 Å². The van der Waals surface area contributed by atoms with Crippen molar-refractivity contribution in [2.75, 3.05) is 6.54 Å². The first kappa shape index (κ1) is 23.4. The molecule has 12 heteroatoms. The minimum atomic E-state index is -2.12. The van der Waals surface area contributed by atoms with E-state index in [1.807, 2.05) is 0 Å². The first-order valence-corrected chi connectivity index (χ1v) is 10.9. The summed E-state index contributed by atoms with van der Waals surface area (Å²) in [6, 6.07) is 7.31. The van der Waals surface area contributed by atoms with Crippen LogP contribution in [0.2, 0.25) is 10.0 Å². The summed E-state index contributed by atoms with van der Waals surface area (Å²) in [6.45, 7) is -0.953. The van der Waals surface area contributed by atoms with Gasteiger partial charge in [-0.1, -0.05) is 35.3 Å². The van der Waals surface area contributed by atoms with Crippen molar-refractivity contribution in [3.05, 3.63) is 86.8 Å². The minimum absolute atomic E-state index is 0.0620. The van der Waals surface area contributed by atoms with Gasteiger partial charge in [-0.05, 0) is 41.6 Å². The van der Waals surface area contributed by atoms with E-state index in [1.165, 1.54) is 29.5 Å². The average Bonchev–Trinajstić information content (AvgIpc) is 3.33. The summed E-state index contributed by atoms with van der Waals surface area (Å²) in [7, 11) is 0. The molecule has 0 bridgehead atoms. The Kier molecular flexibility index (Phi) is 6.53. The van der Waals surface area contributed by atoms with Gasteiger partial charge in [0.25, 0.3) is 11.1 Å². The first-order chi connectivity index (χ1) is 15.7.